The molecule has 1 rings (SSSR count). The topological polar surface area (TPSA) is 55.1 Å². The maximum Gasteiger partial charge on any atom is 0.241 e. The third-order valence-corrected chi connectivity index (χ3v) is 3.16. The van der Waals surface area contributed by atoms with E-state index in [9.17, 15) is 4.79 Å². The molecule has 0 heterocycles. The number of nitrogens with two attached hydrogens (primary N) is 1. The molecule has 1 aromatic rings. The van der Waals surface area contributed by atoms with Crippen LogP contribution < -0.4 is 11.1 Å². The third-order valence-electron chi connectivity index (χ3n) is 3.16. The fraction of sp³-hybridized carbons (Fsp3) is 0.500. The molecule has 94 valence electrons. The summed E-state index contributed by atoms with van der Waals surface area (Å²) in [5.74, 6) is 0.449. The predicted molar refractivity (Wildman–Crippen MR) is 70.5 cm³/mol. The summed E-state index contributed by atoms with van der Waals surface area (Å²) in [4.78, 5) is 11.8. The van der Waals surface area contributed by atoms with Gasteiger partial charge in [-0.1, -0.05) is 57.0 Å². The predicted octanol–water partition coefficient (Wildman–Crippen LogP) is 2.24. The summed E-state index contributed by atoms with van der Waals surface area (Å²) >= 11 is 0. The van der Waals surface area contributed by atoms with E-state index in [0.29, 0.717) is 12.5 Å². The van der Waals surface area contributed by atoms with Gasteiger partial charge in [0.1, 0.15) is 6.04 Å². The summed E-state index contributed by atoms with van der Waals surface area (Å²) in [5.41, 5.74) is 6.75. The molecular weight excluding hydrogens is 212 g/mol. The normalized spacial score (nSPS) is 12.5. The van der Waals surface area contributed by atoms with Crippen LogP contribution in [-0.4, -0.2) is 12.5 Å². The van der Waals surface area contributed by atoms with Crippen molar-refractivity contribution in [2.75, 3.05) is 6.54 Å². The zero-order valence-electron chi connectivity index (χ0n) is 10.6. The van der Waals surface area contributed by atoms with Crippen molar-refractivity contribution >= 4 is 5.91 Å². The molecule has 0 aliphatic heterocycles. The van der Waals surface area contributed by atoms with Crippen molar-refractivity contribution in [2.45, 2.75) is 32.7 Å². The second kappa shape index (κ2) is 7.07. The van der Waals surface area contributed by atoms with Crippen LogP contribution in [-0.2, 0) is 4.79 Å². The van der Waals surface area contributed by atoms with Crippen LogP contribution in [0.5, 0.6) is 0 Å². The van der Waals surface area contributed by atoms with Crippen LogP contribution in [0.25, 0.3) is 0 Å². The second-order valence-corrected chi connectivity index (χ2v) is 4.32. The molecular formula is C14H22N2O. The van der Waals surface area contributed by atoms with Crippen LogP contribution in [0.15, 0.2) is 30.3 Å². The molecule has 1 aromatic carbocycles. The molecule has 0 unspecified atom stereocenters. The summed E-state index contributed by atoms with van der Waals surface area (Å²) in [6, 6.07) is 8.89. The molecule has 3 nitrogen and oxygen atoms in total. The Bertz CT molecular complexity index is 333. The number of rotatable bonds is 6. The van der Waals surface area contributed by atoms with Crippen LogP contribution >= 0.6 is 0 Å². The first-order valence-electron chi connectivity index (χ1n) is 6.27. The summed E-state index contributed by atoms with van der Waals surface area (Å²) in [7, 11) is 0. The van der Waals surface area contributed by atoms with Crippen molar-refractivity contribution in [3.63, 3.8) is 0 Å². The van der Waals surface area contributed by atoms with Crippen molar-refractivity contribution in [1.82, 2.24) is 5.32 Å². The van der Waals surface area contributed by atoms with Gasteiger partial charge >= 0.3 is 0 Å². The van der Waals surface area contributed by atoms with Gasteiger partial charge in [0.05, 0.1) is 0 Å². The van der Waals surface area contributed by atoms with Crippen molar-refractivity contribution in [3.05, 3.63) is 35.9 Å². The fourth-order valence-corrected chi connectivity index (χ4v) is 1.74. The van der Waals surface area contributed by atoms with E-state index < -0.39 is 6.04 Å². The molecule has 17 heavy (non-hydrogen) atoms. The molecule has 0 aliphatic carbocycles. The first-order valence-corrected chi connectivity index (χ1v) is 6.27. The maximum absolute atomic E-state index is 11.8. The standard InChI is InChI=1S/C14H22N2O/c1-3-11(4-2)10-16-14(17)13(15)12-8-6-5-7-9-12/h5-9,11,13H,3-4,10,15H2,1-2H3,(H,16,17)/t13-/m0/s1. The van der Waals surface area contributed by atoms with Gasteiger partial charge in [0, 0.05) is 6.54 Å². The quantitative estimate of drug-likeness (QED) is 0.793. The third kappa shape index (κ3) is 4.19. The van der Waals surface area contributed by atoms with Crippen LogP contribution in [0.4, 0.5) is 0 Å². The van der Waals surface area contributed by atoms with Gasteiger partial charge in [-0.2, -0.15) is 0 Å². The van der Waals surface area contributed by atoms with Gasteiger partial charge in [0.25, 0.3) is 0 Å². The monoisotopic (exact) mass is 234 g/mol. The largest absolute Gasteiger partial charge is 0.354 e. The van der Waals surface area contributed by atoms with Crippen molar-refractivity contribution < 1.29 is 4.79 Å². The number of hydrogen-bond acceptors (Lipinski definition) is 2. The van der Waals surface area contributed by atoms with Crippen LogP contribution in [0.2, 0.25) is 0 Å². The zero-order chi connectivity index (χ0) is 12.7. The minimum absolute atomic E-state index is 0.0944. The van der Waals surface area contributed by atoms with E-state index in [2.05, 4.69) is 19.2 Å². The highest BCUT2D eigenvalue weighted by Crippen LogP contribution is 2.10. The Morgan fingerprint density at radius 1 is 1.24 bits per heavy atom. The van der Waals surface area contributed by atoms with Crippen molar-refractivity contribution in [2.24, 2.45) is 11.7 Å². The molecule has 0 aliphatic rings. The smallest absolute Gasteiger partial charge is 0.241 e. The Balaban J connectivity index is 2.48. The summed E-state index contributed by atoms with van der Waals surface area (Å²) in [6.45, 7) is 4.99. The average molecular weight is 234 g/mol. The molecule has 0 saturated carbocycles. The van der Waals surface area contributed by atoms with Crippen LogP contribution in [0.3, 0.4) is 0 Å². The Morgan fingerprint density at radius 3 is 2.35 bits per heavy atom. The lowest BCUT2D eigenvalue weighted by atomic mass is 10.0. The lowest BCUT2D eigenvalue weighted by molar-refractivity contribution is -0.122. The zero-order valence-corrected chi connectivity index (χ0v) is 10.6. The van der Waals surface area contributed by atoms with Crippen molar-refractivity contribution in [1.29, 1.82) is 0 Å². The molecule has 3 N–H and O–H groups in total. The molecule has 1 amide bonds. The lowest BCUT2D eigenvalue weighted by Gasteiger charge is -2.16. The van der Waals surface area contributed by atoms with Gasteiger partial charge in [-0.05, 0) is 11.5 Å². The van der Waals surface area contributed by atoms with E-state index in [0.717, 1.165) is 18.4 Å². The highest BCUT2D eigenvalue weighted by Gasteiger charge is 2.15. The molecule has 0 bridgehead atoms. The SMILES string of the molecule is CCC(CC)CNC(=O)[C@@H](N)c1ccccc1. The summed E-state index contributed by atoms with van der Waals surface area (Å²) in [6.07, 6.45) is 2.16. The van der Waals surface area contributed by atoms with E-state index >= 15 is 0 Å². The molecule has 0 radical (unpaired) electrons. The first kappa shape index (κ1) is 13.7. The van der Waals surface area contributed by atoms with E-state index in [1.165, 1.54) is 0 Å². The number of benzene rings is 1. The maximum atomic E-state index is 11.8. The Kier molecular flexibility index (Phi) is 5.70. The van der Waals surface area contributed by atoms with Crippen molar-refractivity contribution in [3.8, 4) is 0 Å². The Labute approximate surface area is 103 Å². The number of hydrogen-bond donors (Lipinski definition) is 2. The first-order chi connectivity index (χ1) is 8.19. The fourth-order valence-electron chi connectivity index (χ4n) is 1.74. The Morgan fingerprint density at radius 2 is 1.82 bits per heavy atom. The van der Waals surface area contributed by atoms with E-state index in [1.807, 2.05) is 30.3 Å². The molecule has 0 aromatic heterocycles. The number of carbonyl (C=O) groups is 1. The molecule has 1 atom stereocenters. The van der Waals surface area contributed by atoms with Crippen LogP contribution in [0.1, 0.15) is 38.3 Å². The van der Waals surface area contributed by atoms with Crippen LogP contribution in [0, 0.1) is 5.92 Å². The highest BCUT2D eigenvalue weighted by atomic mass is 16.2. The van der Waals surface area contributed by atoms with Gasteiger partial charge in [-0.25, -0.2) is 0 Å². The van der Waals surface area contributed by atoms with Gasteiger partial charge in [0.2, 0.25) is 5.91 Å². The number of nitrogens with one attached hydrogen (secondary N) is 1. The number of carbonyl (C=O) groups excluding carboxylic acids is 1. The van der Waals surface area contributed by atoms with E-state index in [-0.39, 0.29) is 5.91 Å². The molecule has 0 saturated heterocycles. The van der Waals surface area contributed by atoms with Gasteiger partial charge in [-0.15, -0.1) is 0 Å². The van der Waals surface area contributed by atoms with E-state index in [4.69, 9.17) is 5.73 Å². The van der Waals surface area contributed by atoms with Gasteiger partial charge in [0.15, 0.2) is 0 Å². The average Bonchev–Trinajstić information content (AvgIpc) is 2.39. The lowest BCUT2D eigenvalue weighted by Crippen LogP contribution is -2.36. The Hall–Kier alpha value is -1.35. The number of amides is 1. The van der Waals surface area contributed by atoms with E-state index in [1.54, 1.807) is 0 Å². The minimum Gasteiger partial charge on any atom is -0.354 e. The summed E-state index contributed by atoms with van der Waals surface area (Å²) in [5, 5.41) is 2.92. The molecule has 3 heteroatoms. The van der Waals surface area contributed by atoms with Gasteiger partial charge < -0.3 is 11.1 Å². The molecule has 0 spiro atoms. The second-order valence-electron chi connectivity index (χ2n) is 4.32. The molecule has 0 fully saturated rings. The highest BCUT2D eigenvalue weighted by molar-refractivity contribution is 5.82. The minimum atomic E-state index is -0.564. The van der Waals surface area contributed by atoms with Gasteiger partial charge in [-0.3, -0.25) is 4.79 Å². The summed E-state index contributed by atoms with van der Waals surface area (Å²) < 4.78 is 0.